The van der Waals surface area contributed by atoms with E-state index in [2.05, 4.69) is 10.0 Å². The van der Waals surface area contributed by atoms with Gasteiger partial charge in [-0.05, 0) is 62.7 Å². The fourth-order valence-electron chi connectivity index (χ4n) is 3.08. The number of ether oxygens (including phenoxy) is 1. The van der Waals surface area contributed by atoms with Crippen molar-refractivity contribution >= 4 is 33.3 Å². The molecule has 2 N–H and O–H groups in total. The van der Waals surface area contributed by atoms with E-state index >= 15 is 0 Å². The molecule has 0 fully saturated rings. The number of carbonyl (C=O) groups excluding carboxylic acids is 2. The highest BCUT2D eigenvalue weighted by Crippen LogP contribution is 2.24. The Balaban J connectivity index is 1.87. The van der Waals surface area contributed by atoms with Crippen LogP contribution in [0.2, 0.25) is 0 Å². The Bertz CT molecular complexity index is 1250. The molecule has 0 saturated carbocycles. The van der Waals surface area contributed by atoms with E-state index in [-0.39, 0.29) is 28.3 Å². The van der Waals surface area contributed by atoms with Crippen LogP contribution in [-0.2, 0) is 14.8 Å². The maximum Gasteiger partial charge on any atom is 0.340 e. The molecule has 1 amide bonds. The summed E-state index contributed by atoms with van der Waals surface area (Å²) in [6.07, 6.45) is 0. The first-order valence-corrected chi connectivity index (χ1v) is 11.5. The first-order valence-electron chi connectivity index (χ1n) is 9.99. The lowest BCUT2D eigenvalue weighted by Gasteiger charge is -2.15. The van der Waals surface area contributed by atoms with Crippen LogP contribution in [0.5, 0.6) is 0 Å². The summed E-state index contributed by atoms with van der Waals surface area (Å²) in [6.45, 7) is 5.43. The van der Waals surface area contributed by atoms with Crippen LogP contribution in [0.3, 0.4) is 0 Å². The maximum absolute atomic E-state index is 13.0. The minimum Gasteiger partial charge on any atom is -0.462 e. The fraction of sp³-hybridized carbons (Fsp3) is 0.167. The minimum absolute atomic E-state index is 0.126. The zero-order valence-electron chi connectivity index (χ0n) is 18.0. The van der Waals surface area contributed by atoms with Crippen molar-refractivity contribution in [3.63, 3.8) is 0 Å². The fourth-order valence-corrected chi connectivity index (χ4v) is 4.20. The molecule has 0 saturated heterocycles. The number of benzene rings is 3. The van der Waals surface area contributed by atoms with Gasteiger partial charge in [-0.15, -0.1) is 0 Å². The largest absolute Gasteiger partial charge is 0.462 e. The minimum atomic E-state index is -3.82. The molecule has 3 aromatic carbocycles. The second kappa shape index (κ2) is 9.65. The van der Waals surface area contributed by atoms with Crippen molar-refractivity contribution in [3.8, 4) is 0 Å². The Morgan fingerprint density at radius 1 is 0.844 bits per heavy atom. The third kappa shape index (κ3) is 5.15. The lowest BCUT2D eigenvalue weighted by atomic mass is 10.1. The number of rotatable bonds is 7. The zero-order valence-corrected chi connectivity index (χ0v) is 18.8. The molecular weight excluding hydrogens is 428 g/mol. The monoisotopic (exact) mass is 452 g/mol. The Kier molecular flexibility index (Phi) is 6.95. The number of hydrogen-bond donors (Lipinski definition) is 2. The number of hydrogen-bond acceptors (Lipinski definition) is 5. The highest BCUT2D eigenvalue weighted by atomic mass is 32.2. The summed E-state index contributed by atoms with van der Waals surface area (Å²) in [5.41, 5.74) is 2.50. The van der Waals surface area contributed by atoms with E-state index in [9.17, 15) is 18.0 Å². The zero-order chi connectivity index (χ0) is 23.3. The SMILES string of the molecule is CCOC(=O)c1ccccc1NC(=O)c1cccc(NS(=O)(=O)c2ccc(C)cc2)c1C. The molecule has 0 aliphatic heterocycles. The molecule has 0 heterocycles. The standard InChI is InChI=1S/C24H24N2O5S/c1-4-31-24(28)20-8-5-6-10-22(20)25-23(27)19-9-7-11-21(17(19)3)26-32(29,30)18-14-12-16(2)13-15-18/h5-15,26H,4H2,1-3H3,(H,25,27). The first kappa shape index (κ1) is 23.0. The number of sulfonamides is 1. The highest BCUT2D eigenvalue weighted by molar-refractivity contribution is 7.92. The first-order chi connectivity index (χ1) is 15.2. The molecular formula is C24H24N2O5S. The summed E-state index contributed by atoms with van der Waals surface area (Å²) in [4.78, 5) is 25.2. The van der Waals surface area contributed by atoms with Gasteiger partial charge in [-0.3, -0.25) is 9.52 Å². The molecule has 7 nitrogen and oxygen atoms in total. The lowest BCUT2D eigenvalue weighted by Crippen LogP contribution is -2.18. The van der Waals surface area contributed by atoms with Crippen LogP contribution in [0.25, 0.3) is 0 Å². The van der Waals surface area contributed by atoms with Gasteiger partial charge in [0.1, 0.15) is 0 Å². The third-order valence-corrected chi connectivity index (χ3v) is 6.21. The normalized spacial score (nSPS) is 11.0. The Labute approximate surface area is 187 Å². The second-order valence-corrected chi connectivity index (χ2v) is 8.80. The van der Waals surface area contributed by atoms with E-state index in [1.165, 1.54) is 12.1 Å². The average Bonchev–Trinajstić information content (AvgIpc) is 2.76. The van der Waals surface area contributed by atoms with Crippen molar-refractivity contribution in [2.24, 2.45) is 0 Å². The number of amides is 1. The van der Waals surface area contributed by atoms with Crippen LogP contribution < -0.4 is 10.0 Å². The van der Waals surface area contributed by atoms with Gasteiger partial charge in [-0.2, -0.15) is 0 Å². The van der Waals surface area contributed by atoms with E-state index in [4.69, 9.17) is 4.74 Å². The maximum atomic E-state index is 13.0. The summed E-state index contributed by atoms with van der Waals surface area (Å²) in [7, 11) is -3.82. The second-order valence-electron chi connectivity index (χ2n) is 7.12. The summed E-state index contributed by atoms with van der Waals surface area (Å²) in [6, 6.07) is 17.8. The van der Waals surface area contributed by atoms with Crippen molar-refractivity contribution in [2.75, 3.05) is 16.6 Å². The molecule has 32 heavy (non-hydrogen) atoms. The Hall–Kier alpha value is -3.65. The van der Waals surface area contributed by atoms with Gasteiger partial charge in [0.15, 0.2) is 0 Å². The van der Waals surface area contributed by atoms with E-state index < -0.39 is 21.9 Å². The van der Waals surface area contributed by atoms with E-state index in [1.807, 2.05) is 6.92 Å². The summed E-state index contributed by atoms with van der Waals surface area (Å²) < 4.78 is 33.1. The van der Waals surface area contributed by atoms with Crippen molar-refractivity contribution in [1.82, 2.24) is 0 Å². The molecule has 0 unspecified atom stereocenters. The molecule has 0 atom stereocenters. The third-order valence-electron chi connectivity index (χ3n) is 4.82. The predicted octanol–water partition coefficient (Wildman–Crippen LogP) is 4.53. The van der Waals surface area contributed by atoms with Crippen molar-refractivity contribution < 1.29 is 22.7 Å². The molecule has 166 valence electrons. The van der Waals surface area contributed by atoms with Crippen molar-refractivity contribution in [3.05, 3.63) is 89.0 Å². The number of carbonyl (C=O) groups is 2. The number of para-hydroxylation sites is 1. The molecule has 0 aliphatic carbocycles. The van der Waals surface area contributed by atoms with Gasteiger partial charge < -0.3 is 10.1 Å². The smallest absolute Gasteiger partial charge is 0.340 e. The highest BCUT2D eigenvalue weighted by Gasteiger charge is 2.19. The lowest BCUT2D eigenvalue weighted by molar-refractivity contribution is 0.0527. The van der Waals surface area contributed by atoms with Crippen molar-refractivity contribution in [1.29, 1.82) is 0 Å². The average molecular weight is 453 g/mol. The molecule has 3 aromatic rings. The van der Waals surface area contributed by atoms with Crippen molar-refractivity contribution in [2.45, 2.75) is 25.7 Å². The predicted molar refractivity (Wildman–Crippen MR) is 124 cm³/mol. The molecule has 0 aliphatic rings. The summed E-state index contributed by atoms with van der Waals surface area (Å²) >= 11 is 0. The summed E-state index contributed by atoms with van der Waals surface area (Å²) in [5.74, 6) is -1.02. The van der Waals surface area contributed by atoms with Crippen LogP contribution in [0, 0.1) is 13.8 Å². The van der Waals surface area contributed by atoms with E-state index in [1.54, 1.807) is 68.4 Å². The number of esters is 1. The van der Waals surface area contributed by atoms with Gasteiger partial charge in [0.25, 0.3) is 15.9 Å². The van der Waals surface area contributed by atoms with Crippen LogP contribution in [0.15, 0.2) is 71.6 Å². The van der Waals surface area contributed by atoms with Gasteiger partial charge in [0.05, 0.1) is 28.4 Å². The Morgan fingerprint density at radius 3 is 2.16 bits per heavy atom. The molecule has 8 heteroatoms. The van der Waals surface area contributed by atoms with Crippen LogP contribution in [0.4, 0.5) is 11.4 Å². The number of nitrogens with one attached hydrogen (secondary N) is 2. The van der Waals surface area contributed by atoms with Gasteiger partial charge in [0.2, 0.25) is 0 Å². The quantitative estimate of drug-likeness (QED) is 0.513. The van der Waals surface area contributed by atoms with Crippen LogP contribution >= 0.6 is 0 Å². The molecule has 0 radical (unpaired) electrons. The topological polar surface area (TPSA) is 102 Å². The van der Waals surface area contributed by atoms with E-state index in [0.717, 1.165) is 5.56 Å². The van der Waals surface area contributed by atoms with Crippen LogP contribution in [-0.4, -0.2) is 26.9 Å². The molecule has 0 bridgehead atoms. The molecule has 0 spiro atoms. The summed E-state index contributed by atoms with van der Waals surface area (Å²) in [5, 5.41) is 2.72. The van der Waals surface area contributed by atoms with Gasteiger partial charge in [-0.1, -0.05) is 35.9 Å². The number of aryl methyl sites for hydroxylation is 1. The molecule has 3 rings (SSSR count). The number of anilines is 2. The Morgan fingerprint density at radius 2 is 1.47 bits per heavy atom. The van der Waals surface area contributed by atoms with Gasteiger partial charge in [-0.25, -0.2) is 13.2 Å². The molecule has 0 aromatic heterocycles. The van der Waals surface area contributed by atoms with Crippen LogP contribution in [0.1, 0.15) is 38.8 Å². The van der Waals surface area contributed by atoms with Gasteiger partial charge in [0, 0.05) is 5.56 Å². The van der Waals surface area contributed by atoms with E-state index in [0.29, 0.717) is 11.3 Å². The van der Waals surface area contributed by atoms with Gasteiger partial charge >= 0.3 is 5.97 Å².